The van der Waals surface area contributed by atoms with Gasteiger partial charge in [-0.05, 0) is 49.2 Å². The zero-order chi connectivity index (χ0) is 20.1. The number of halogens is 1. The number of fused-ring (bicyclic) bond motifs is 1. The third kappa shape index (κ3) is 4.76. The Hall–Kier alpha value is -2.71. The number of hydrogen-bond donors (Lipinski definition) is 0. The van der Waals surface area contributed by atoms with Gasteiger partial charge in [-0.15, -0.1) is 0 Å². The normalized spacial score (nSPS) is 13.0. The summed E-state index contributed by atoms with van der Waals surface area (Å²) >= 11 is 6.35. The third-order valence-corrected chi connectivity index (χ3v) is 4.88. The van der Waals surface area contributed by atoms with Gasteiger partial charge in [-0.1, -0.05) is 23.7 Å². The lowest BCUT2D eigenvalue weighted by molar-refractivity contribution is -0.132. The quantitative estimate of drug-likeness (QED) is 0.751. The molecule has 1 amide bonds. The molecule has 0 unspecified atom stereocenters. The van der Waals surface area contributed by atoms with Gasteiger partial charge in [-0.25, -0.2) is 0 Å². The highest BCUT2D eigenvalue weighted by Gasteiger charge is 2.21. The molecule has 0 atom stereocenters. The van der Waals surface area contributed by atoms with E-state index < -0.39 is 0 Å². The van der Waals surface area contributed by atoms with Gasteiger partial charge in [0.25, 0.3) is 0 Å². The molecule has 1 aliphatic heterocycles. The van der Waals surface area contributed by atoms with Crippen molar-refractivity contribution in [2.75, 3.05) is 13.2 Å². The van der Waals surface area contributed by atoms with Crippen LogP contribution in [-0.2, 0) is 17.8 Å². The number of rotatable bonds is 5. The average Bonchev–Trinajstić information content (AvgIpc) is 2.92. The second-order valence-electron chi connectivity index (χ2n) is 7.06. The van der Waals surface area contributed by atoms with E-state index in [4.69, 9.17) is 26.3 Å². The lowest BCUT2D eigenvalue weighted by Gasteiger charge is -2.27. The topological polar surface area (TPSA) is 62.6 Å². The molecule has 1 aliphatic rings. The van der Waals surface area contributed by atoms with E-state index in [0.29, 0.717) is 41.8 Å². The van der Waals surface area contributed by atoms with Crippen LogP contribution in [0.2, 0.25) is 5.02 Å². The molecule has 5 nitrogen and oxygen atoms in total. The molecule has 6 heteroatoms. The van der Waals surface area contributed by atoms with Crippen LogP contribution in [0.15, 0.2) is 36.4 Å². The monoisotopic (exact) mass is 398 g/mol. The second kappa shape index (κ2) is 8.99. The molecule has 3 rings (SSSR count). The summed E-state index contributed by atoms with van der Waals surface area (Å²) in [6, 6.07) is 13.0. The largest absolute Gasteiger partial charge is 0.489 e. The van der Waals surface area contributed by atoms with Gasteiger partial charge in [-0.3, -0.25) is 4.79 Å². The maximum Gasteiger partial charge on any atom is 0.227 e. The van der Waals surface area contributed by atoms with Crippen LogP contribution in [0.1, 0.15) is 37.0 Å². The smallest absolute Gasteiger partial charge is 0.227 e. The fourth-order valence-electron chi connectivity index (χ4n) is 3.10. The number of hydrogen-bond acceptors (Lipinski definition) is 4. The van der Waals surface area contributed by atoms with Crippen LogP contribution in [0.5, 0.6) is 11.5 Å². The first-order chi connectivity index (χ1) is 13.5. The molecule has 28 heavy (non-hydrogen) atoms. The standard InChI is InChI=1S/C22H23ClN2O3/c1-15(2)25(14-17-6-4-16(13-24)5-7-17)21(26)12-18-10-19(23)22-20(11-18)27-8-3-9-28-22/h4-7,10-11,15H,3,8-9,12,14H2,1-2H3. The van der Waals surface area contributed by atoms with Crippen molar-refractivity contribution in [2.24, 2.45) is 0 Å². The van der Waals surface area contributed by atoms with Gasteiger partial charge in [0.1, 0.15) is 0 Å². The first-order valence-corrected chi connectivity index (χ1v) is 9.72. The van der Waals surface area contributed by atoms with Crippen LogP contribution < -0.4 is 9.47 Å². The number of amides is 1. The first kappa shape index (κ1) is 20.0. The van der Waals surface area contributed by atoms with Crippen molar-refractivity contribution in [2.45, 2.75) is 39.3 Å². The minimum Gasteiger partial charge on any atom is -0.489 e. The Bertz CT molecular complexity index is 888. The van der Waals surface area contributed by atoms with E-state index in [1.54, 1.807) is 18.2 Å². The Morgan fingerprint density at radius 1 is 1.18 bits per heavy atom. The molecular formula is C22H23ClN2O3. The summed E-state index contributed by atoms with van der Waals surface area (Å²) < 4.78 is 11.4. The molecule has 0 aliphatic carbocycles. The van der Waals surface area contributed by atoms with E-state index in [0.717, 1.165) is 17.5 Å². The van der Waals surface area contributed by atoms with Gasteiger partial charge >= 0.3 is 0 Å². The Kier molecular flexibility index (Phi) is 6.43. The van der Waals surface area contributed by atoms with Crippen molar-refractivity contribution in [3.05, 3.63) is 58.1 Å². The zero-order valence-electron chi connectivity index (χ0n) is 16.1. The minimum absolute atomic E-state index is 0.00455. The summed E-state index contributed by atoms with van der Waals surface area (Å²) in [4.78, 5) is 14.8. The highest BCUT2D eigenvalue weighted by molar-refractivity contribution is 6.32. The van der Waals surface area contributed by atoms with Crippen molar-refractivity contribution < 1.29 is 14.3 Å². The maximum absolute atomic E-state index is 13.0. The SMILES string of the molecule is CC(C)N(Cc1ccc(C#N)cc1)C(=O)Cc1cc(Cl)c2c(c1)OCCCO2. The molecule has 146 valence electrons. The molecule has 0 radical (unpaired) electrons. The molecule has 2 aromatic carbocycles. The lowest BCUT2D eigenvalue weighted by Crippen LogP contribution is -2.37. The molecule has 0 aromatic heterocycles. The number of nitrogens with zero attached hydrogens (tertiary/aromatic N) is 2. The van der Waals surface area contributed by atoms with Gasteiger partial charge in [0.2, 0.25) is 5.91 Å². The summed E-state index contributed by atoms with van der Waals surface area (Å²) in [5, 5.41) is 9.39. The van der Waals surface area contributed by atoms with Crippen LogP contribution >= 0.6 is 11.6 Å². The van der Waals surface area contributed by atoms with Gasteiger partial charge < -0.3 is 14.4 Å². The summed E-state index contributed by atoms with van der Waals surface area (Å²) in [5.41, 5.74) is 2.38. The highest BCUT2D eigenvalue weighted by Crippen LogP contribution is 2.38. The fraction of sp³-hybridized carbons (Fsp3) is 0.364. The number of carbonyl (C=O) groups excluding carboxylic acids is 1. The van der Waals surface area contributed by atoms with Crippen molar-refractivity contribution in [3.8, 4) is 17.6 Å². The predicted octanol–water partition coefficient (Wildman–Crippen LogP) is 4.35. The van der Waals surface area contributed by atoms with Gasteiger partial charge in [0, 0.05) is 19.0 Å². The zero-order valence-corrected chi connectivity index (χ0v) is 16.8. The van der Waals surface area contributed by atoms with Crippen LogP contribution in [0, 0.1) is 11.3 Å². The van der Waals surface area contributed by atoms with Crippen molar-refractivity contribution in [1.82, 2.24) is 4.90 Å². The van der Waals surface area contributed by atoms with Crippen LogP contribution in [0.25, 0.3) is 0 Å². The molecule has 2 aromatic rings. The van der Waals surface area contributed by atoms with Crippen LogP contribution in [-0.4, -0.2) is 30.1 Å². The summed E-state index contributed by atoms with van der Waals surface area (Å²) in [6.45, 7) is 5.60. The van der Waals surface area contributed by atoms with E-state index >= 15 is 0 Å². The lowest BCUT2D eigenvalue weighted by atomic mass is 10.1. The number of nitriles is 1. The summed E-state index contributed by atoms with van der Waals surface area (Å²) in [5.74, 6) is 1.15. The van der Waals surface area contributed by atoms with Crippen molar-refractivity contribution in [3.63, 3.8) is 0 Å². The van der Waals surface area contributed by atoms with Crippen molar-refractivity contribution in [1.29, 1.82) is 5.26 Å². The van der Waals surface area contributed by atoms with E-state index in [2.05, 4.69) is 6.07 Å². The molecule has 1 heterocycles. The van der Waals surface area contributed by atoms with Crippen LogP contribution in [0.3, 0.4) is 0 Å². The summed E-state index contributed by atoms with van der Waals surface area (Å²) in [7, 11) is 0. The van der Waals surface area contributed by atoms with Gasteiger partial charge in [0.05, 0.1) is 36.3 Å². The molecule has 0 N–H and O–H groups in total. The van der Waals surface area contributed by atoms with Gasteiger partial charge in [-0.2, -0.15) is 5.26 Å². The molecule has 0 saturated carbocycles. The number of carbonyl (C=O) groups is 1. The first-order valence-electron chi connectivity index (χ1n) is 9.34. The van der Waals surface area contributed by atoms with Crippen molar-refractivity contribution >= 4 is 17.5 Å². The molecule has 0 fully saturated rings. The van der Waals surface area contributed by atoms with E-state index in [1.165, 1.54) is 0 Å². The maximum atomic E-state index is 13.0. The highest BCUT2D eigenvalue weighted by atomic mass is 35.5. The van der Waals surface area contributed by atoms with Crippen LogP contribution in [0.4, 0.5) is 0 Å². The number of ether oxygens (including phenoxy) is 2. The Morgan fingerprint density at radius 2 is 1.89 bits per heavy atom. The van der Waals surface area contributed by atoms with E-state index in [1.807, 2.05) is 36.9 Å². The third-order valence-electron chi connectivity index (χ3n) is 4.60. The molecule has 0 saturated heterocycles. The Morgan fingerprint density at radius 3 is 2.57 bits per heavy atom. The molecular weight excluding hydrogens is 376 g/mol. The summed E-state index contributed by atoms with van der Waals surface area (Å²) in [6.07, 6.45) is 1.02. The van der Waals surface area contributed by atoms with E-state index in [-0.39, 0.29) is 18.4 Å². The Balaban J connectivity index is 1.76. The second-order valence-corrected chi connectivity index (χ2v) is 7.46. The Labute approximate surface area is 170 Å². The fourth-order valence-corrected chi connectivity index (χ4v) is 3.39. The predicted molar refractivity (Wildman–Crippen MR) is 108 cm³/mol. The average molecular weight is 399 g/mol. The molecule has 0 spiro atoms. The number of benzene rings is 2. The van der Waals surface area contributed by atoms with E-state index in [9.17, 15) is 4.79 Å². The van der Waals surface area contributed by atoms with Gasteiger partial charge in [0.15, 0.2) is 11.5 Å². The minimum atomic E-state index is 0.00455. The molecule has 0 bridgehead atoms.